The molecule has 2 atom stereocenters. The van der Waals surface area contributed by atoms with Crippen LogP contribution < -0.4 is 5.32 Å². The molecule has 1 aromatic carbocycles. The largest absolute Gasteiger partial charge is 0.374 e. The fourth-order valence-electron chi connectivity index (χ4n) is 4.31. The van der Waals surface area contributed by atoms with Gasteiger partial charge in [-0.3, -0.25) is 4.79 Å². The molecule has 1 N–H and O–H groups in total. The lowest BCUT2D eigenvalue weighted by molar-refractivity contribution is -0.141. The maximum Gasteiger partial charge on any atom is 0.226 e. The lowest BCUT2D eigenvalue weighted by Crippen LogP contribution is -2.47. The van der Waals surface area contributed by atoms with Crippen molar-refractivity contribution >= 4 is 5.91 Å². The highest BCUT2D eigenvalue weighted by molar-refractivity contribution is 5.83. The number of amides is 1. The first-order chi connectivity index (χ1) is 11.3. The molecule has 4 rings (SSSR count). The SMILES string of the molecule is O=C(C1CC12CCNCC2)N1CCOC(Cc2ccccc2)C1. The number of rotatable bonds is 3. The molecule has 0 radical (unpaired) electrons. The molecular weight excluding hydrogens is 288 g/mol. The monoisotopic (exact) mass is 314 g/mol. The van der Waals surface area contributed by atoms with E-state index < -0.39 is 0 Å². The Bertz CT molecular complexity index is 554. The zero-order chi connectivity index (χ0) is 15.7. The number of nitrogens with zero attached hydrogens (tertiary/aromatic N) is 1. The summed E-state index contributed by atoms with van der Waals surface area (Å²) in [6.07, 6.45) is 4.47. The van der Waals surface area contributed by atoms with Crippen LogP contribution in [0.5, 0.6) is 0 Å². The molecule has 1 aliphatic carbocycles. The average molecular weight is 314 g/mol. The minimum Gasteiger partial charge on any atom is -0.374 e. The van der Waals surface area contributed by atoms with Gasteiger partial charge in [0.15, 0.2) is 0 Å². The second kappa shape index (κ2) is 6.25. The van der Waals surface area contributed by atoms with E-state index in [0.717, 1.165) is 39.0 Å². The number of benzene rings is 1. The molecule has 4 heteroatoms. The number of piperidine rings is 1. The van der Waals surface area contributed by atoms with Crippen LogP contribution in [0, 0.1) is 11.3 Å². The van der Waals surface area contributed by atoms with Crippen molar-refractivity contribution in [2.24, 2.45) is 11.3 Å². The summed E-state index contributed by atoms with van der Waals surface area (Å²) in [5, 5.41) is 3.41. The van der Waals surface area contributed by atoms with Gasteiger partial charge in [0.05, 0.1) is 12.7 Å². The quantitative estimate of drug-likeness (QED) is 0.926. The molecule has 0 bridgehead atoms. The van der Waals surface area contributed by atoms with Crippen LogP contribution in [0.2, 0.25) is 0 Å². The molecule has 23 heavy (non-hydrogen) atoms. The smallest absolute Gasteiger partial charge is 0.226 e. The molecule has 3 aliphatic rings. The van der Waals surface area contributed by atoms with Gasteiger partial charge in [-0.15, -0.1) is 0 Å². The summed E-state index contributed by atoms with van der Waals surface area (Å²) in [5.41, 5.74) is 1.61. The van der Waals surface area contributed by atoms with E-state index in [2.05, 4.69) is 34.5 Å². The summed E-state index contributed by atoms with van der Waals surface area (Å²) in [5.74, 6) is 0.660. The number of nitrogens with one attached hydrogen (secondary N) is 1. The van der Waals surface area contributed by atoms with Crippen molar-refractivity contribution in [2.45, 2.75) is 31.8 Å². The third-order valence-corrected chi connectivity index (χ3v) is 5.84. The molecule has 2 heterocycles. The average Bonchev–Trinajstić information content (AvgIpc) is 3.29. The summed E-state index contributed by atoms with van der Waals surface area (Å²) in [6.45, 7) is 4.32. The van der Waals surface area contributed by atoms with Gasteiger partial charge in [0.1, 0.15) is 0 Å². The minimum absolute atomic E-state index is 0.137. The standard InChI is InChI=1S/C19H26N2O2/c22-18(17-13-19(17)6-8-20-9-7-19)21-10-11-23-16(14-21)12-15-4-2-1-3-5-15/h1-5,16-17,20H,6-14H2. The molecule has 124 valence electrons. The Morgan fingerprint density at radius 1 is 1.26 bits per heavy atom. The van der Waals surface area contributed by atoms with Crippen LogP contribution in [0.1, 0.15) is 24.8 Å². The molecule has 2 saturated heterocycles. The van der Waals surface area contributed by atoms with Crippen LogP contribution in [0.3, 0.4) is 0 Å². The van der Waals surface area contributed by atoms with E-state index in [1.807, 2.05) is 6.07 Å². The summed E-state index contributed by atoms with van der Waals surface area (Å²) < 4.78 is 5.90. The molecule has 1 spiro atoms. The Balaban J connectivity index is 1.35. The van der Waals surface area contributed by atoms with Crippen molar-refractivity contribution in [3.63, 3.8) is 0 Å². The maximum atomic E-state index is 12.9. The van der Waals surface area contributed by atoms with E-state index in [0.29, 0.717) is 17.9 Å². The predicted octanol–water partition coefficient (Wildman–Crippen LogP) is 1.85. The molecule has 3 fully saturated rings. The molecule has 1 amide bonds. The highest BCUT2D eigenvalue weighted by Gasteiger charge is 2.58. The van der Waals surface area contributed by atoms with Gasteiger partial charge >= 0.3 is 0 Å². The van der Waals surface area contributed by atoms with Crippen LogP contribution in [0.15, 0.2) is 30.3 Å². The first-order valence-corrected chi connectivity index (χ1v) is 8.92. The molecule has 2 unspecified atom stereocenters. The zero-order valence-corrected chi connectivity index (χ0v) is 13.7. The molecular formula is C19H26N2O2. The summed E-state index contributed by atoms with van der Waals surface area (Å²) in [6, 6.07) is 10.4. The summed E-state index contributed by atoms with van der Waals surface area (Å²) in [4.78, 5) is 14.9. The Morgan fingerprint density at radius 3 is 2.83 bits per heavy atom. The van der Waals surface area contributed by atoms with Crippen molar-refractivity contribution in [1.29, 1.82) is 0 Å². The van der Waals surface area contributed by atoms with Crippen molar-refractivity contribution in [2.75, 3.05) is 32.8 Å². The topological polar surface area (TPSA) is 41.6 Å². The second-order valence-corrected chi connectivity index (χ2v) is 7.34. The van der Waals surface area contributed by atoms with E-state index in [9.17, 15) is 4.79 Å². The molecule has 1 aromatic rings. The molecule has 4 nitrogen and oxygen atoms in total. The van der Waals surface area contributed by atoms with Crippen LogP contribution in [0.25, 0.3) is 0 Å². The lowest BCUT2D eigenvalue weighted by atomic mass is 9.91. The molecule has 2 aliphatic heterocycles. The molecule has 0 aromatic heterocycles. The van der Waals surface area contributed by atoms with Crippen LogP contribution in [0.4, 0.5) is 0 Å². The third kappa shape index (κ3) is 3.15. The van der Waals surface area contributed by atoms with Crippen molar-refractivity contribution in [3.05, 3.63) is 35.9 Å². The predicted molar refractivity (Wildman–Crippen MR) is 89.1 cm³/mol. The number of hydrogen-bond acceptors (Lipinski definition) is 3. The van der Waals surface area contributed by atoms with E-state index in [1.165, 1.54) is 18.4 Å². The number of carbonyl (C=O) groups excluding carboxylic acids is 1. The third-order valence-electron chi connectivity index (χ3n) is 5.84. The highest BCUT2D eigenvalue weighted by atomic mass is 16.5. The Kier molecular flexibility index (Phi) is 4.12. The first-order valence-electron chi connectivity index (χ1n) is 8.92. The highest BCUT2D eigenvalue weighted by Crippen LogP contribution is 2.59. The van der Waals surface area contributed by atoms with Gasteiger partial charge in [0, 0.05) is 25.4 Å². The van der Waals surface area contributed by atoms with E-state index >= 15 is 0 Å². The van der Waals surface area contributed by atoms with Crippen LogP contribution in [-0.4, -0.2) is 49.7 Å². The van der Waals surface area contributed by atoms with Crippen molar-refractivity contribution in [3.8, 4) is 0 Å². The van der Waals surface area contributed by atoms with Gasteiger partial charge in [0.2, 0.25) is 5.91 Å². The van der Waals surface area contributed by atoms with E-state index in [1.54, 1.807) is 0 Å². The maximum absolute atomic E-state index is 12.9. The van der Waals surface area contributed by atoms with E-state index in [-0.39, 0.29) is 12.0 Å². The lowest BCUT2D eigenvalue weighted by Gasteiger charge is -2.34. The van der Waals surface area contributed by atoms with Gasteiger partial charge < -0.3 is 15.0 Å². The van der Waals surface area contributed by atoms with Gasteiger partial charge in [-0.2, -0.15) is 0 Å². The number of carbonyl (C=O) groups is 1. The molecule has 1 saturated carbocycles. The van der Waals surface area contributed by atoms with Gasteiger partial charge in [-0.25, -0.2) is 0 Å². The number of hydrogen-bond donors (Lipinski definition) is 1. The normalized spacial score (nSPS) is 29.5. The van der Waals surface area contributed by atoms with Crippen LogP contribution >= 0.6 is 0 Å². The van der Waals surface area contributed by atoms with Gasteiger partial charge in [-0.1, -0.05) is 30.3 Å². The fourth-order valence-corrected chi connectivity index (χ4v) is 4.31. The Labute approximate surface area is 138 Å². The van der Waals surface area contributed by atoms with E-state index in [4.69, 9.17) is 4.74 Å². The summed E-state index contributed by atoms with van der Waals surface area (Å²) >= 11 is 0. The van der Waals surface area contributed by atoms with Crippen LogP contribution in [-0.2, 0) is 16.0 Å². The minimum atomic E-state index is 0.137. The Morgan fingerprint density at radius 2 is 2.04 bits per heavy atom. The second-order valence-electron chi connectivity index (χ2n) is 7.34. The Hall–Kier alpha value is -1.39. The van der Waals surface area contributed by atoms with Crippen molar-refractivity contribution < 1.29 is 9.53 Å². The van der Waals surface area contributed by atoms with Crippen molar-refractivity contribution in [1.82, 2.24) is 10.2 Å². The summed E-state index contributed by atoms with van der Waals surface area (Å²) in [7, 11) is 0. The fraction of sp³-hybridized carbons (Fsp3) is 0.632. The number of morpholine rings is 1. The van der Waals surface area contributed by atoms with Gasteiger partial charge in [0.25, 0.3) is 0 Å². The zero-order valence-electron chi connectivity index (χ0n) is 13.7. The number of ether oxygens (including phenoxy) is 1. The first kappa shape index (κ1) is 15.2. The van der Waals surface area contributed by atoms with Gasteiger partial charge in [-0.05, 0) is 43.3 Å².